The van der Waals surface area contributed by atoms with Crippen LogP contribution in [0.15, 0.2) is 133 Å². The minimum Gasteiger partial charge on any atom is -0.456 e. The summed E-state index contributed by atoms with van der Waals surface area (Å²) in [5.74, 6) is -6.84. The van der Waals surface area contributed by atoms with E-state index < -0.39 is 123 Å². The summed E-state index contributed by atoms with van der Waals surface area (Å²) < 4.78 is 32.0. The van der Waals surface area contributed by atoms with Gasteiger partial charge in [-0.2, -0.15) is 15.6 Å². The summed E-state index contributed by atoms with van der Waals surface area (Å²) in [7, 11) is 0. The van der Waals surface area contributed by atoms with E-state index in [0.29, 0.717) is 12.1 Å². The van der Waals surface area contributed by atoms with Crippen LogP contribution < -0.4 is 5.32 Å². The number of carbonyl (C=O) groups is 6. The quantitative estimate of drug-likeness (QED) is 0.0513. The van der Waals surface area contributed by atoms with Crippen LogP contribution in [0.1, 0.15) is 131 Å². The van der Waals surface area contributed by atoms with E-state index in [4.69, 9.17) is 23.7 Å². The number of Topliss-reactive ketones (excluding diaryl/α,β-unsaturated/α-hetero) is 1. The maximum absolute atomic E-state index is 15.5. The Morgan fingerprint density at radius 1 is 0.833 bits per heavy atom. The van der Waals surface area contributed by atoms with Crippen molar-refractivity contribution in [2.45, 2.75) is 153 Å². The van der Waals surface area contributed by atoms with Crippen LogP contribution in [0.25, 0.3) is 0 Å². The second kappa shape index (κ2) is 23.7. The van der Waals surface area contributed by atoms with Crippen LogP contribution in [-0.2, 0) is 60.2 Å². The Balaban J connectivity index is 0.000000350. The summed E-state index contributed by atoms with van der Waals surface area (Å²) in [5.41, 5.74) is -5.42. The lowest BCUT2D eigenvalue weighted by molar-refractivity contribution is -0.346. The number of aromatic nitrogens is 3. The molecule has 3 fully saturated rings. The smallest absolute Gasteiger partial charge is 0.338 e. The molecule has 0 unspecified atom stereocenters. The molecule has 2 saturated carbocycles. The molecule has 20 nitrogen and oxygen atoms in total. The Bertz CT molecular complexity index is 3380. The number of nitriles is 2. The zero-order valence-corrected chi connectivity index (χ0v) is 48.6. The molecule has 5 aromatic rings. The second-order valence-electron chi connectivity index (χ2n) is 23.8. The molecule has 1 aliphatic heterocycles. The summed E-state index contributed by atoms with van der Waals surface area (Å²) in [4.78, 5) is 87.4. The van der Waals surface area contributed by atoms with Crippen molar-refractivity contribution in [2.24, 2.45) is 16.7 Å². The van der Waals surface area contributed by atoms with E-state index in [1.165, 1.54) is 32.3 Å². The first kappa shape index (κ1) is 61.7. The Hall–Kier alpha value is -8.40. The number of nitrogens with one attached hydrogen (secondary N) is 1. The zero-order chi connectivity index (χ0) is 61.3. The van der Waals surface area contributed by atoms with E-state index in [-0.39, 0.29) is 35.3 Å². The number of ether oxygens (including phenoxy) is 5. The number of ketones is 1. The van der Waals surface area contributed by atoms with Gasteiger partial charge in [-0.3, -0.25) is 19.2 Å². The molecule has 1 aromatic heterocycles. The van der Waals surface area contributed by atoms with Crippen LogP contribution >= 0.6 is 0 Å². The number of aliphatic hydroxyl groups excluding tert-OH is 2. The largest absolute Gasteiger partial charge is 0.456 e. The third-order valence-corrected chi connectivity index (χ3v) is 17.3. The van der Waals surface area contributed by atoms with Crippen molar-refractivity contribution in [3.05, 3.63) is 166 Å². The van der Waals surface area contributed by atoms with Crippen molar-refractivity contribution in [2.75, 3.05) is 6.61 Å². The normalized spacial score (nSPS) is 26.6. The molecule has 1 saturated heterocycles. The topological polar surface area (TPSA) is 300 Å². The minimum absolute atomic E-state index is 0.00289. The van der Waals surface area contributed by atoms with Crippen LogP contribution in [0, 0.1) is 39.4 Å². The van der Waals surface area contributed by atoms with E-state index in [1.54, 1.807) is 104 Å². The highest BCUT2D eigenvalue weighted by Gasteiger charge is 2.78. The molecule has 9 rings (SSSR count). The first-order chi connectivity index (χ1) is 39.6. The van der Waals surface area contributed by atoms with Gasteiger partial charge >= 0.3 is 23.9 Å². The fourth-order valence-corrected chi connectivity index (χ4v) is 12.3. The molecule has 2 heterocycles. The van der Waals surface area contributed by atoms with Crippen LogP contribution in [0.2, 0.25) is 0 Å². The number of benzene rings is 4. The van der Waals surface area contributed by atoms with Gasteiger partial charge < -0.3 is 44.3 Å². The van der Waals surface area contributed by atoms with Crippen molar-refractivity contribution in [3.8, 4) is 12.1 Å². The summed E-state index contributed by atoms with van der Waals surface area (Å²) in [5, 5.41) is 63.2. The van der Waals surface area contributed by atoms with E-state index in [0.717, 1.165) is 30.5 Å². The Morgan fingerprint density at radius 3 is 1.92 bits per heavy atom. The monoisotopic (exact) mass is 1150 g/mol. The van der Waals surface area contributed by atoms with Crippen LogP contribution in [0.4, 0.5) is 0 Å². The lowest BCUT2D eigenvalue weighted by atomic mass is 9.44. The molecular weight excluding hydrogens is 1080 g/mol. The predicted molar refractivity (Wildman–Crippen MR) is 301 cm³/mol. The van der Waals surface area contributed by atoms with Crippen molar-refractivity contribution >= 4 is 35.6 Å². The number of carbonyl (C=O) groups excluding carboxylic acids is 6. The number of hydrogen-bond acceptors (Lipinski definition) is 18. The highest BCUT2D eigenvalue weighted by atomic mass is 16.6. The van der Waals surface area contributed by atoms with Crippen LogP contribution in [0.5, 0.6) is 0 Å². The fourth-order valence-electron chi connectivity index (χ4n) is 12.3. The van der Waals surface area contributed by atoms with E-state index in [2.05, 4.69) is 27.5 Å². The Kier molecular flexibility index (Phi) is 17.4. The van der Waals surface area contributed by atoms with E-state index in [9.17, 15) is 49.8 Å². The zero-order valence-electron chi connectivity index (χ0n) is 48.6. The first-order valence-electron chi connectivity index (χ1n) is 27.6. The average molecular weight is 1150 g/mol. The molecule has 2 bridgehead atoms. The van der Waals surface area contributed by atoms with Crippen LogP contribution in [-0.4, -0.2) is 120 Å². The summed E-state index contributed by atoms with van der Waals surface area (Å²) in [6, 6.07) is 33.5. The lowest BCUT2D eigenvalue weighted by Gasteiger charge is -2.67. The van der Waals surface area contributed by atoms with Gasteiger partial charge in [0.05, 0.1) is 65.2 Å². The van der Waals surface area contributed by atoms with Gasteiger partial charge in [0, 0.05) is 37.7 Å². The third-order valence-electron chi connectivity index (χ3n) is 17.3. The number of amides is 1. The minimum atomic E-state index is -2.39. The molecule has 4 N–H and O–H groups in total. The van der Waals surface area contributed by atoms with Crippen molar-refractivity contribution in [1.82, 2.24) is 20.1 Å². The van der Waals surface area contributed by atoms with Gasteiger partial charge in [0.25, 0.3) is 5.91 Å². The molecule has 84 heavy (non-hydrogen) atoms. The predicted octanol–water partition coefficient (Wildman–Crippen LogP) is 6.66. The molecule has 0 spiro atoms. The standard InChI is InChI=1S/C47H51NO14.C17H19N5/c1-25-31(60-43(56)36(52)35(28-16-10-7-11-17-28)48-41(54)29-18-12-8-13-19-29)23-47(57)40(61-42(55)30-20-14-9-15-21-30)38-45(6,32(51)22-33-46(38,24-58-33)62-27(3)50)39(53)37(59-26(2)49)34(25)44(47,4)5;1-16(2,9-18)14-5-13(8-22-12-20-11-21-22)6-15(7-14)17(3,4)10-19/h7-21,31-33,35-38,40,51-52,57H,22-24H2,1-6H3,(H,48,54);5-7,11-12H,8H2,1-4H3/t31-,32-,33+,35-,36+,37+,38-,40-,45+,46-,47+;/m0./s1. The second-order valence-corrected chi connectivity index (χ2v) is 23.8. The number of hydrogen-bond donors (Lipinski definition) is 4. The number of rotatable bonds is 14. The lowest BCUT2D eigenvalue weighted by Crippen LogP contribution is -2.82. The Morgan fingerprint density at radius 2 is 1.40 bits per heavy atom. The highest BCUT2D eigenvalue weighted by Crippen LogP contribution is 2.64. The number of nitrogens with zero attached hydrogens (tertiary/aromatic N) is 5. The van der Waals surface area contributed by atoms with Crippen LogP contribution in [0.3, 0.4) is 0 Å². The molecule has 4 aromatic carbocycles. The van der Waals surface area contributed by atoms with Gasteiger partial charge in [-0.25, -0.2) is 19.3 Å². The summed E-state index contributed by atoms with van der Waals surface area (Å²) in [6.07, 6.45) is -7.37. The van der Waals surface area contributed by atoms with Gasteiger partial charge in [0.2, 0.25) is 0 Å². The van der Waals surface area contributed by atoms with E-state index >= 15 is 4.79 Å². The highest BCUT2D eigenvalue weighted by molar-refractivity contribution is 5.96. The maximum Gasteiger partial charge on any atom is 0.338 e. The number of esters is 4. The molecule has 1 amide bonds. The molecule has 0 radical (unpaired) electrons. The van der Waals surface area contributed by atoms with Gasteiger partial charge in [0.15, 0.2) is 23.6 Å². The summed E-state index contributed by atoms with van der Waals surface area (Å²) in [6.45, 7) is 16.1. The summed E-state index contributed by atoms with van der Waals surface area (Å²) >= 11 is 0. The molecule has 440 valence electrons. The molecule has 4 aliphatic rings. The van der Waals surface area contributed by atoms with Gasteiger partial charge in [-0.15, -0.1) is 0 Å². The van der Waals surface area contributed by atoms with Crippen molar-refractivity contribution in [3.63, 3.8) is 0 Å². The van der Waals surface area contributed by atoms with Gasteiger partial charge in [-0.05, 0) is 99.2 Å². The molecule has 11 atom stereocenters. The first-order valence-corrected chi connectivity index (χ1v) is 27.6. The van der Waals surface area contributed by atoms with Gasteiger partial charge in [0.1, 0.15) is 36.6 Å². The number of aliphatic hydroxyl groups is 3. The molecule has 3 aliphatic carbocycles. The number of fused-ring (bicyclic) bond motifs is 5. The fraction of sp³-hybridized carbons (Fsp3) is 0.438. The Labute approximate surface area is 487 Å². The maximum atomic E-state index is 15.5. The average Bonchev–Trinajstić information content (AvgIpc) is 0.766. The van der Waals surface area contributed by atoms with Crippen molar-refractivity contribution in [1.29, 1.82) is 10.5 Å². The van der Waals surface area contributed by atoms with Gasteiger partial charge in [-0.1, -0.05) is 98.8 Å². The third kappa shape index (κ3) is 11.5. The molecule has 20 heteroatoms. The molecular formula is C64H70N6O14. The SMILES string of the molecule is CC(=O)O[C@H]1C(=O)[C@@]2(C)[C@H]([C@H](OC(=O)c3ccccc3)[C@]3(O)C[C@H](OC(=O)[C@H](O)[C@@H](NC(=O)c4ccccc4)c4ccccc4)C(C)=C1C3(C)C)[C@]1(OC(C)=O)CO[C@@H]1C[C@@H]2O.CC(C)(C#N)c1cc(Cn2cncn2)cc(C(C)(C)C#N)c1. The van der Waals surface area contributed by atoms with Crippen molar-refractivity contribution < 1.29 is 67.8 Å². The van der Waals surface area contributed by atoms with E-state index in [1.807, 2.05) is 45.9 Å².